The van der Waals surface area contributed by atoms with Crippen LogP contribution in [0.15, 0.2) is 71.6 Å². The number of hydrogen-bond donors (Lipinski definition) is 0. The molecular weight excluding hydrogens is 340 g/mol. The van der Waals surface area contributed by atoms with Crippen LogP contribution in [0, 0.1) is 18.1 Å². The fourth-order valence-corrected chi connectivity index (χ4v) is 3.89. The SMILES string of the molecule is Cc1ccc(C(C#CSc2ccccc2)c2ccc(Cl)cc2)s1. The molecule has 1 aromatic heterocycles. The lowest BCUT2D eigenvalue weighted by Crippen LogP contribution is -1.95. The Morgan fingerprint density at radius 2 is 1.70 bits per heavy atom. The molecule has 0 radical (unpaired) electrons. The quantitative estimate of drug-likeness (QED) is 0.377. The minimum Gasteiger partial charge on any atom is -0.144 e. The molecule has 1 heterocycles. The standard InChI is InChI=1S/C20H15ClS2/c1-15-7-12-20(23-15)19(16-8-10-17(21)11-9-16)13-14-22-18-5-3-2-4-6-18/h2-12,19H,1H3. The molecule has 0 amide bonds. The van der Waals surface area contributed by atoms with E-state index in [0.717, 1.165) is 9.92 Å². The van der Waals surface area contributed by atoms with E-state index in [4.69, 9.17) is 11.6 Å². The molecule has 114 valence electrons. The van der Waals surface area contributed by atoms with E-state index >= 15 is 0 Å². The van der Waals surface area contributed by atoms with Crippen molar-refractivity contribution in [3.05, 3.63) is 87.1 Å². The topological polar surface area (TPSA) is 0 Å². The van der Waals surface area contributed by atoms with Gasteiger partial charge in [0.15, 0.2) is 0 Å². The summed E-state index contributed by atoms with van der Waals surface area (Å²) in [5, 5.41) is 4.01. The van der Waals surface area contributed by atoms with Gasteiger partial charge >= 0.3 is 0 Å². The number of hydrogen-bond acceptors (Lipinski definition) is 2. The Morgan fingerprint density at radius 1 is 0.957 bits per heavy atom. The van der Waals surface area contributed by atoms with Crippen LogP contribution in [0.3, 0.4) is 0 Å². The Hall–Kier alpha value is -1.66. The zero-order valence-corrected chi connectivity index (χ0v) is 15.0. The van der Waals surface area contributed by atoms with E-state index in [1.165, 1.54) is 15.3 Å². The summed E-state index contributed by atoms with van der Waals surface area (Å²) in [6.45, 7) is 2.12. The highest BCUT2D eigenvalue weighted by molar-refractivity contribution is 8.03. The fourth-order valence-electron chi connectivity index (χ4n) is 2.22. The van der Waals surface area contributed by atoms with Crippen LogP contribution in [0.5, 0.6) is 0 Å². The van der Waals surface area contributed by atoms with Gasteiger partial charge in [-0.25, -0.2) is 0 Å². The summed E-state index contributed by atoms with van der Waals surface area (Å²) in [4.78, 5) is 3.74. The van der Waals surface area contributed by atoms with Crippen LogP contribution in [0.25, 0.3) is 0 Å². The smallest absolute Gasteiger partial charge is 0.0804 e. The Balaban J connectivity index is 1.88. The molecule has 0 saturated heterocycles. The van der Waals surface area contributed by atoms with Gasteiger partial charge in [-0.2, -0.15) is 0 Å². The Kier molecular flexibility index (Phi) is 5.46. The van der Waals surface area contributed by atoms with Gasteiger partial charge in [-0.1, -0.05) is 47.9 Å². The van der Waals surface area contributed by atoms with Crippen LogP contribution < -0.4 is 0 Å². The monoisotopic (exact) mass is 354 g/mol. The first kappa shape index (κ1) is 16.2. The Labute approximate surface area is 150 Å². The third-order valence-electron chi connectivity index (χ3n) is 3.36. The van der Waals surface area contributed by atoms with Crippen molar-refractivity contribution in [3.63, 3.8) is 0 Å². The van der Waals surface area contributed by atoms with Gasteiger partial charge < -0.3 is 0 Å². The summed E-state index contributed by atoms with van der Waals surface area (Å²) in [7, 11) is 0. The lowest BCUT2D eigenvalue weighted by atomic mass is 9.98. The first-order valence-electron chi connectivity index (χ1n) is 7.26. The molecule has 0 saturated carbocycles. The van der Waals surface area contributed by atoms with Gasteiger partial charge in [0.2, 0.25) is 0 Å². The summed E-state index contributed by atoms with van der Waals surface area (Å²) >= 11 is 9.38. The fraction of sp³-hybridized carbons (Fsp3) is 0.100. The van der Waals surface area contributed by atoms with E-state index in [9.17, 15) is 0 Å². The highest BCUT2D eigenvalue weighted by Gasteiger charge is 2.13. The van der Waals surface area contributed by atoms with E-state index in [0.29, 0.717) is 0 Å². The molecule has 23 heavy (non-hydrogen) atoms. The molecule has 0 N–H and O–H groups in total. The molecular formula is C20H15ClS2. The number of thioether (sulfide) groups is 1. The maximum absolute atomic E-state index is 6.01. The molecule has 3 rings (SSSR count). The van der Waals surface area contributed by atoms with E-state index < -0.39 is 0 Å². The summed E-state index contributed by atoms with van der Waals surface area (Å²) < 4.78 is 0. The third kappa shape index (κ3) is 4.42. The van der Waals surface area contributed by atoms with Crippen LogP contribution in [-0.2, 0) is 0 Å². The number of benzene rings is 2. The van der Waals surface area contributed by atoms with Crippen molar-refractivity contribution in [1.29, 1.82) is 0 Å². The third-order valence-corrected chi connectivity index (χ3v) is 5.41. The first-order chi connectivity index (χ1) is 11.2. The average Bonchev–Trinajstić information content (AvgIpc) is 3.00. The first-order valence-corrected chi connectivity index (χ1v) is 9.28. The summed E-state index contributed by atoms with van der Waals surface area (Å²) in [6.07, 6.45) is 0. The largest absolute Gasteiger partial charge is 0.144 e. The summed E-state index contributed by atoms with van der Waals surface area (Å²) in [5.41, 5.74) is 1.18. The molecule has 1 unspecified atom stereocenters. The minimum atomic E-state index is 0.0854. The molecule has 1 atom stereocenters. The summed E-state index contributed by atoms with van der Waals surface area (Å²) in [6, 6.07) is 22.5. The molecule has 0 nitrogen and oxygen atoms in total. The molecule has 0 bridgehead atoms. The zero-order chi connectivity index (χ0) is 16.1. The molecule has 0 aliphatic carbocycles. The number of halogens is 1. The zero-order valence-electron chi connectivity index (χ0n) is 12.6. The Morgan fingerprint density at radius 3 is 2.35 bits per heavy atom. The predicted octanol–water partition coefficient (Wildman–Crippen LogP) is 6.60. The number of rotatable bonds is 3. The van der Waals surface area contributed by atoms with Crippen molar-refractivity contribution >= 4 is 34.7 Å². The minimum absolute atomic E-state index is 0.0854. The van der Waals surface area contributed by atoms with Gasteiger partial charge in [0, 0.05) is 19.7 Å². The second-order valence-electron chi connectivity index (χ2n) is 5.09. The van der Waals surface area contributed by atoms with Crippen LogP contribution >= 0.6 is 34.7 Å². The van der Waals surface area contributed by atoms with E-state index in [1.54, 1.807) is 23.1 Å². The number of aryl methyl sites for hydroxylation is 1. The van der Waals surface area contributed by atoms with E-state index in [2.05, 4.69) is 54.5 Å². The van der Waals surface area contributed by atoms with Crippen molar-refractivity contribution in [3.8, 4) is 11.2 Å². The second-order valence-corrected chi connectivity index (χ2v) is 7.73. The van der Waals surface area contributed by atoms with Crippen molar-refractivity contribution in [2.45, 2.75) is 17.7 Å². The molecule has 3 aromatic rings. The van der Waals surface area contributed by atoms with Crippen LogP contribution in [0.4, 0.5) is 0 Å². The molecule has 2 aromatic carbocycles. The van der Waals surface area contributed by atoms with Crippen LogP contribution in [0.2, 0.25) is 5.02 Å². The highest BCUT2D eigenvalue weighted by Crippen LogP contribution is 2.31. The molecule has 0 aliphatic heterocycles. The van der Waals surface area contributed by atoms with Gasteiger partial charge in [-0.3, -0.25) is 0 Å². The number of thiophene rings is 1. The summed E-state index contributed by atoms with van der Waals surface area (Å²) in [5.74, 6) is 3.50. The molecule has 0 fully saturated rings. The van der Waals surface area contributed by atoms with Gasteiger partial charge in [0.05, 0.1) is 5.92 Å². The van der Waals surface area contributed by atoms with Crippen LogP contribution in [-0.4, -0.2) is 0 Å². The lowest BCUT2D eigenvalue weighted by molar-refractivity contribution is 1.10. The van der Waals surface area contributed by atoms with Crippen molar-refractivity contribution in [1.82, 2.24) is 0 Å². The molecule has 0 aliphatic rings. The van der Waals surface area contributed by atoms with E-state index in [-0.39, 0.29) is 5.92 Å². The van der Waals surface area contributed by atoms with Crippen LogP contribution in [0.1, 0.15) is 21.2 Å². The normalized spacial score (nSPS) is 11.6. The molecule has 0 spiro atoms. The predicted molar refractivity (Wildman–Crippen MR) is 102 cm³/mol. The highest BCUT2D eigenvalue weighted by atomic mass is 35.5. The van der Waals surface area contributed by atoms with E-state index in [1.807, 2.05) is 30.3 Å². The molecule has 3 heteroatoms. The second kappa shape index (κ2) is 7.75. The Bertz CT molecular complexity index is 823. The maximum Gasteiger partial charge on any atom is 0.0804 e. The van der Waals surface area contributed by atoms with Crippen molar-refractivity contribution in [2.75, 3.05) is 0 Å². The van der Waals surface area contributed by atoms with Gasteiger partial charge in [0.1, 0.15) is 0 Å². The van der Waals surface area contributed by atoms with Crippen molar-refractivity contribution < 1.29 is 0 Å². The maximum atomic E-state index is 6.01. The van der Waals surface area contributed by atoms with Gasteiger partial charge in [0.25, 0.3) is 0 Å². The lowest BCUT2D eigenvalue weighted by Gasteiger charge is -2.09. The van der Waals surface area contributed by atoms with Gasteiger partial charge in [-0.05, 0) is 65.9 Å². The average molecular weight is 355 g/mol. The van der Waals surface area contributed by atoms with Crippen molar-refractivity contribution in [2.24, 2.45) is 0 Å². The van der Waals surface area contributed by atoms with Gasteiger partial charge in [-0.15, -0.1) is 11.3 Å².